The molecule has 3 heterocycles. The van der Waals surface area contributed by atoms with E-state index < -0.39 is 12.9 Å². The molecule has 12 nitrogen and oxygen atoms in total. The molecule has 2 aromatic heterocycles. The van der Waals surface area contributed by atoms with E-state index in [4.69, 9.17) is 13.6 Å². The topological polar surface area (TPSA) is 148 Å². The zero-order valence-corrected chi connectivity index (χ0v) is 23.0. The predicted octanol–water partition coefficient (Wildman–Crippen LogP) is 3.31. The van der Waals surface area contributed by atoms with E-state index in [0.29, 0.717) is 40.0 Å². The van der Waals surface area contributed by atoms with E-state index in [1.54, 1.807) is 23.1 Å². The fraction of sp³-hybridized carbons (Fsp3) is 0.407. The highest BCUT2D eigenvalue weighted by Crippen LogP contribution is 2.40. The Labute approximate surface area is 239 Å². The zero-order valence-electron chi connectivity index (χ0n) is 25.2. The summed E-state index contributed by atoms with van der Waals surface area (Å²) in [7, 11) is 1.47. The zero-order chi connectivity index (χ0) is 30.9. The first kappa shape index (κ1) is 23.8. The van der Waals surface area contributed by atoms with E-state index in [-0.39, 0.29) is 47.1 Å². The van der Waals surface area contributed by atoms with Gasteiger partial charge in [0.15, 0.2) is 17.3 Å². The van der Waals surface area contributed by atoms with Crippen LogP contribution in [0.5, 0.6) is 5.75 Å². The van der Waals surface area contributed by atoms with Crippen LogP contribution in [-0.4, -0.2) is 77.2 Å². The Morgan fingerprint density at radius 2 is 1.93 bits per heavy atom. The molecule has 2 atom stereocenters. The lowest BCUT2D eigenvalue weighted by molar-refractivity contribution is -0.117. The van der Waals surface area contributed by atoms with Crippen molar-refractivity contribution < 1.29 is 28.0 Å². The highest BCUT2D eigenvalue weighted by atomic mass is 32.1. The maximum atomic E-state index is 13.2. The van der Waals surface area contributed by atoms with Gasteiger partial charge in [-0.2, -0.15) is 0 Å². The van der Waals surface area contributed by atoms with Gasteiger partial charge >= 0.3 is 0 Å². The van der Waals surface area contributed by atoms with Crippen LogP contribution < -0.4 is 20.7 Å². The molecule has 0 radical (unpaired) electrons. The molecule has 0 bridgehead atoms. The van der Waals surface area contributed by atoms with Crippen LogP contribution in [-0.2, 0) is 9.53 Å². The van der Waals surface area contributed by atoms with Crippen molar-refractivity contribution in [3.05, 3.63) is 41.0 Å². The van der Waals surface area contributed by atoms with Gasteiger partial charge in [-0.1, -0.05) is 6.07 Å². The third-order valence-corrected chi connectivity index (χ3v) is 7.48. The summed E-state index contributed by atoms with van der Waals surface area (Å²) in [5.74, 6) is -0.984. The minimum atomic E-state index is -2.76. The Balaban J connectivity index is 1.45. The number of rotatable bonds is 8. The Kier molecular flexibility index (Phi) is 6.87. The molecule has 1 aromatic carbocycles. The summed E-state index contributed by atoms with van der Waals surface area (Å²) in [4.78, 5) is 45.1. The first-order chi connectivity index (χ1) is 20.4. The number of thiazole rings is 1. The summed E-state index contributed by atoms with van der Waals surface area (Å²) in [5.41, 5.74) is 0.764. The van der Waals surface area contributed by atoms with Gasteiger partial charge in [-0.05, 0) is 38.8 Å². The number of hydrogen-bond donors (Lipinski definition) is 3. The number of nitrogens with one attached hydrogen (secondary N) is 3. The first-order valence-corrected chi connectivity index (χ1v) is 13.6. The van der Waals surface area contributed by atoms with Crippen molar-refractivity contribution in [2.75, 3.05) is 37.8 Å². The number of benzene rings is 1. The number of carbonyl (C=O) groups excluding carboxylic acids is 3. The number of para-hydroxylation sites is 1. The van der Waals surface area contributed by atoms with Gasteiger partial charge in [0.25, 0.3) is 11.8 Å². The SMILES string of the molecule is [2H]C([2H])([2H])NC(=O)c1nnc(NC(=O)C2CC2)cc1Nc1cccc(-c2ncc(C(=O)N3C[C@@H](C)O[C@@H](C)C3)s2)c1OC. The Hall–Kier alpha value is -4.10. The molecule has 3 N–H and O–H groups in total. The maximum absolute atomic E-state index is 13.2. The van der Waals surface area contributed by atoms with E-state index in [1.165, 1.54) is 30.7 Å². The third-order valence-electron chi connectivity index (χ3n) is 6.46. The van der Waals surface area contributed by atoms with Crippen molar-refractivity contribution in [2.24, 2.45) is 5.92 Å². The highest BCUT2D eigenvalue weighted by molar-refractivity contribution is 7.17. The van der Waals surface area contributed by atoms with Crippen LogP contribution in [0.2, 0.25) is 0 Å². The summed E-state index contributed by atoms with van der Waals surface area (Å²) in [6.07, 6.45) is 2.95. The average Bonchev–Trinajstić information content (AvgIpc) is 3.68. The Bertz CT molecular complexity index is 1540. The lowest BCUT2D eigenvalue weighted by atomic mass is 10.1. The number of aromatic nitrogens is 3. The first-order valence-electron chi connectivity index (χ1n) is 14.3. The second kappa shape index (κ2) is 11.6. The van der Waals surface area contributed by atoms with Crippen LogP contribution >= 0.6 is 11.3 Å². The summed E-state index contributed by atoms with van der Waals surface area (Å²) >= 11 is 1.22. The van der Waals surface area contributed by atoms with E-state index in [0.717, 1.165) is 12.8 Å². The van der Waals surface area contributed by atoms with E-state index in [2.05, 4.69) is 25.8 Å². The van der Waals surface area contributed by atoms with Crippen LogP contribution in [0, 0.1) is 5.92 Å². The second-order valence-corrected chi connectivity index (χ2v) is 10.7. The van der Waals surface area contributed by atoms with Gasteiger partial charge in [-0.3, -0.25) is 14.4 Å². The van der Waals surface area contributed by atoms with Gasteiger partial charge in [0.05, 0.1) is 42.5 Å². The summed E-state index contributed by atoms with van der Waals surface area (Å²) in [6, 6.07) is 6.61. The maximum Gasteiger partial charge on any atom is 0.273 e. The van der Waals surface area contributed by atoms with Crippen molar-refractivity contribution in [1.82, 2.24) is 25.4 Å². The van der Waals surface area contributed by atoms with Gasteiger partial charge in [0, 0.05) is 36.2 Å². The van der Waals surface area contributed by atoms with Crippen LogP contribution in [0.3, 0.4) is 0 Å². The number of ether oxygens (including phenoxy) is 2. The smallest absolute Gasteiger partial charge is 0.273 e. The number of amides is 3. The minimum absolute atomic E-state index is 0.0695. The molecule has 2 fully saturated rings. The Morgan fingerprint density at radius 3 is 2.62 bits per heavy atom. The van der Waals surface area contributed by atoms with E-state index in [1.807, 2.05) is 19.2 Å². The normalized spacial score (nSPS) is 20.1. The van der Waals surface area contributed by atoms with E-state index in [9.17, 15) is 14.4 Å². The number of methoxy groups -OCH3 is 1. The molecule has 1 aliphatic carbocycles. The fourth-order valence-corrected chi connectivity index (χ4v) is 5.42. The molecule has 2 aliphatic rings. The second-order valence-electron chi connectivity index (χ2n) is 9.72. The quantitative estimate of drug-likeness (QED) is 0.372. The van der Waals surface area contributed by atoms with Crippen LogP contribution in [0.25, 0.3) is 10.6 Å². The van der Waals surface area contributed by atoms with Crippen LogP contribution in [0.1, 0.15) is 51.0 Å². The molecule has 0 spiro atoms. The molecular weight excluding hydrogens is 534 g/mol. The number of hydrogen-bond acceptors (Lipinski definition) is 10. The molecule has 40 heavy (non-hydrogen) atoms. The van der Waals surface area contributed by atoms with Crippen molar-refractivity contribution >= 4 is 46.3 Å². The fourth-order valence-electron chi connectivity index (χ4n) is 4.51. The lowest BCUT2D eigenvalue weighted by Gasteiger charge is -2.35. The van der Waals surface area contributed by atoms with Gasteiger partial charge in [-0.15, -0.1) is 21.5 Å². The minimum Gasteiger partial charge on any atom is -0.494 e. The molecular formula is C27H31N7O5S. The largest absolute Gasteiger partial charge is 0.494 e. The number of morpholine rings is 1. The van der Waals surface area contributed by atoms with Gasteiger partial charge in [0.2, 0.25) is 5.91 Å². The monoisotopic (exact) mass is 568 g/mol. The molecule has 5 rings (SSSR count). The molecule has 1 saturated heterocycles. The molecule has 210 valence electrons. The number of carbonyl (C=O) groups is 3. The molecule has 1 saturated carbocycles. The average molecular weight is 569 g/mol. The molecule has 3 amide bonds. The van der Waals surface area contributed by atoms with E-state index >= 15 is 0 Å². The molecule has 0 unspecified atom stereocenters. The highest BCUT2D eigenvalue weighted by Gasteiger charge is 2.31. The molecule has 3 aromatic rings. The molecule has 13 heteroatoms. The lowest BCUT2D eigenvalue weighted by Crippen LogP contribution is -2.48. The summed E-state index contributed by atoms with van der Waals surface area (Å²) in [6.45, 7) is 2.07. The van der Waals surface area contributed by atoms with Crippen molar-refractivity contribution in [1.29, 1.82) is 0 Å². The number of nitrogens with zero attached hydrogens (tertiary/aromatic N) is 4. The standard InChI is InChI=1S/C27H31N7O5S/c1-14-12-34(13-15(2)39-14)27(37)20-11-29-26(40-20)17-6-5-7-18(23(17)38-4)30-19-10-21(31-24(35)16-8-9-16)32-33-22(19)25(36)28-3/h5-7,10-11,14-16H,8-9,12-13H2,1-4H3,(H,28,36)(H2,30,31,32,35)/t14-,15+/i3D3. The van der Waals surface area contributed by atoms with Crippen LogP contribution in [0.4, 0.5) is 17.2 Å². The van der Waals surface area contributed by atoms with Gasteiger partial charge < -0.3 is 30.3 Å². The van der Waals surface area contributed by atoms with Gasteiger partial charge in [-0.25, -0.2) is 4.98 Å². The Morgan fingerprint density at radius 1 is 1.15 bits per heavy atom. The van der Waals surface area contributed by atoms with Crippen molar-refractivity contribution in [3.8, 4) is 16.3 Å². The predicted molar refractivity (Wildman–Crippen MR) is 150 cm³/mol. The third kappa shape index (κ3) is 5.89. The van der Waals surface area contributed by atoms with Crippen LogP contribution in [0.15, 0.2) is 30.5 Å². The van der Waals surface area contributed by atoms with Crippen molar-refractivity contribution in [2.45, 2.75) is 38.9 Å². The number of anilines is 3. The van der Waals surface area contributed by atoms with Crippen molar-refractivity contribution in [3.63, 3.8) is 0 Å². The van der Waals surface area contributed by atoms with Gasteiger partial charge in [0.1, 0.15) is 9.88 Å². The summed E-state index contributed by atoms with van der Waals surface area (Å²) < 4.78 is 33.7. The molecule has 1 aliphatic heterocycles. The summed E-state index contributed by atoms with van der Waals surface area (Å²) in [5, 5.41) is 16.0.